The van der Waals surface area contributed by atoms with Gasteiger partial charge in [-0.15, -0.1) is 0 Å². The molecule has 0 aliphatic rings. The Labute approximate surface area is 214 Å². The first-order valence-corrected chi connectivity index (χ1v) is 11.4. The molecule has 0 aliphatic carbocycles. The van der Waals surface area contributed by atoms with Gasteiger partial charge in [0.15, 0.2) is 69.8 Å². The van der Waals surface area contributed by atoms with Crippen LogP contribution in [0.1, 0.15) is 62.6 Å². The molecule has 0 saturated carbocycles. The predicted molar refractivity (Wildman–Crippen MR) is 118 cm³/mol. The van der Waals surface area contributed by atoms with Gasteiger partial charge in [0.25, 0.3) is 0 Å². The van der Waals surface area contributed by atoms with Crippen molar-refractivity contribution in [2.75, 3.05) is 4.90 Å². The van der Waals surface area contributed by atoms with E-state index in [1.165, 1.54) is 6.92 Å². The van der Waals surface area contributed by atoms with Gasteiger partial charge in [-0.25, -0.2) is 52.7 Å². The second kappa shape index (κ2) is 10.6. The summed E-state index contributed by atoms with van der Waals surface area (Å²) < 4.78 is 180. The van der Waals surface area contributed by atoms with Crippen molar-refractivity contribution in [1.82, 2.24) is 0 Å². The first-order chi connectivity index (χ1) is 18.0. The van der Waals surface area contributed by atoms with Crippen LogP contribution in [0.4, 0.5) is 69.7 Å². The number of anilines is 3. The van der Waals surface area contributed by atoms with E-state index in [1.54, 1.807) is 0 Å². The molecule has 0 spiro atoms. The summed E-state index contributed by atoms with van der Waals surface area (Å²) in [6.07, 6.45) is -0.0856. The first kappa shape index (κ1) is 30.2. The summed E-state index contributed by atoms with van der Waals surface area (Å²) in [5, 5.41) is 0. The van der Waals surface area contributed by atoms with Crippen LogP contribution in [-0.2, 0) is 0 Å². The van der Waals surface area contributed by atoms with E-state index in [1.807, 2.05) is 0 Å². The normalized spacial score (nSPS) is 12.5. The highest BCUT2D eigenvalue weighted by Gasteiger charge is 2.40. The fourth-order valence-corrected chi connectivity index (χ4v) is 4.08. The van der Waals surface area contributed by atoms with E-state index in [0.717, 1.165) is 20.8 Å². The zero-order valence-corrected chi connectivity index (χ0v) is 20.8. The monoisotopic (exact) mass is 573 g/mol. The van der Waals surface area contributed by atoms with Gasteiger partial charge in [0.1, 0.15) is 17.1 Å². The Balaban J connectivity index is 2.67. The van der Waals surface area contributed by atoms with Crippen molar-refractivity contribution < 1.29 is 52.7 Å². The van der Waals surface area contributed by atoms with Gasteiger partial charge in [-0.05, 0) is 25.2 Å². The molecular formula is C26H19F12N. The summed E-state index contributed by atoms with van der Waals surface area (Å²) >= 11 is 0. The molecule has 0 amide bonds. The zero-order valence-electron chi connectivity index (χ0n) is 20.8. The van der Waals surface area contributed by atoms with E-state index >= 15 is 30.7 Å². The number of benzene rings is 3. The van der Waals surface area contributed by atoms with Crippen molar-refractivity contribution in [3.8, 4) is 0 Å². The van der Waals surface area contributed by atoms with Crippen molar-refractivity contribution in [3.05, 3.63) is 86.5 Å². The molecule has 1 unspecified atom stereocenters. The van der Waals surface area contributed by atoms with Crippen LogP contribution >= 0.6 is 0 Å². The molecule has 0 fully saturated rings. The van der Waals surface area contributed by atoms with Crippen molar-refractivity contribution in [1.29, 1.82) is 0 Å². The Morgan fingerprint density at radius 3 is 1.15 bits per heavy atom. The molecule has 3 aromatic carbocycles. The molecule has 1 nitrogen and oxygen atoms in total. The molecule has 3 aromatic rings. The van der Waals surface area contributed by atoms with Crippen LogP contribution in [0.2, 0.25) is 0 Å². The standard InChI is InChI=1S/C26H19F12N/c1-6-8(4)11-16(31)21(36)26(22(37)17(11)32)39(24-13(28)9(5)12(27)18(33)23(24)38)25-19(34)14(29)10(7(2)3)15(30)20(25)35/h7-8H,6H2,1-5H3. The minimum absolute atomic E-state index is 0.0856. The minimum atomic E-state index is -2.69. The Kier molecular flexibility index (Phi) is 8.24. The molecule has 0 bridgehead atoms. The fourth-order valence-electron chi connectivity index (χ4n) is 4.08. The van der Waals surface area contributed by atoms with Gasteiger partial charge in [-0.3, -0.25) is 4.90 Å². The average Bonchev–Trinajstić information content (AvgIpc) is 2.88. The molecule has 0 radical (unpaired) electrons. The zero-order chi connectivity index (χ0) is 29.8. The van der Waals surface area contributed by atoms with Crippen LogP contribution in [0.5, 0.6) is 0 Å². The van der Waals surface area contributed by atoms with Gasteiger partial charge in [-0.1, -0.05) is 27.7 Å². The molecule has 0 aromatic heterocycles. The third kappa shape index (κ3) is 4.49. The highest BCUT2D eigenvalue weighted by atomic mass is 19.2. The van der Waals surface area contributed by atoms with Crippen LogP contribution < -0.4 is 4.90 Å². The maximum Gasteiger partial charge on any atom is 0.197 e. The molecule has 1 atom stereocenters. The number of rotatable bonds is 6. The Hall–Kier alpha value is -3.38. The van der Waals surface area contributed by atoms with Crippen LogP contribution in [0.15, 0.2) is 0 Å². The smallest absolute Gasteiger partial charge is 0.197 e. The molecule has 0 aliphatic heterocycles. The maximum absolute atomic E-state index is 15.4. The predicted octanol–water partition coefficient (Wildman–Crippen LogP) is 9.77. The lowest BCUT2D eigenvalue weighted by atomic mass is 9.95. The number of hydrogen-bond donors (Lipinski definition) is 0. The summed E-state index contributed by atoms with van der Waals surface area (Å²) in [6, 6.07) is 0. The van der Waals surface area contributed by atoms with E-state index in [0.29, 0.717) is 6.92 Å². The van der Waals surface area contributed by atoms with Gasteiger partial charge >= 0.3 is 0 Å². The molecule has 39 heavy (non-hydrogen) atoms. The minimum Gasteiger partial charge on any atom is -0.294 e. The van der Waals surface area contributed by atoms with Gasteiger partial charge in [0.2, 0.25) is 0 Å². The summed E-state index contributed by atoms with van der Waals surface area (Å²) in [5.74, 6) is -30.9. The van der Waals surface area contributed by atoms with Gasteiger partial charge < -0.3 is 0 Å². The van der Waals surface area contributed by atoms with Crippen LogP contribution in [-0.4, -0.2) is 0 Å². The average molecular weight is 573 g/mol. The highest BCUT2D eigenvalue weighted by molar-refractivity contribution is 5.80. The topological polar surface area (TPSA) is 3.24 Å². The molecular weight excluding hydrogens is 554 g/mol. The number of halogens is 12. The lowest BCUT2D eigenvalue weighted by Gasteiger charge is -2.30. The Morgan fingerprint density at radius 2 is 0.795 bits per heavy atom. The number of hydrogen-bond acceptors (Lipinski definition) is 1. The van der Waals surface area contributed by atoms with E-state index in [4.69, 9.17) is 0 Å². The van der Waals surface area contributed by atoms with Crippen molar-refractivity contribution in [2.45, 2.75) is 52.9 Å². The SMILES string of the molecule is CCC(C)c1c(F)c(F)c(N(c2c(F)c(C)c(F)c(F)c2F)c2c(F)c(F)c(C(C)C)c(F)c2F)c(F)c1F. The second-order valence-corrected chi connectivity index (χ2v) is 9.07. The summed E-state index contributed by atoms with van der Waals surface area (Å²) in [4.78, 5) is -0.932. The molecule has 3 rings (SSSR count). The molecule has 0 N–H and O–H groups in total. The Bertz CT molecular complexity index is 1390. The summed E-state index contributed by atoms with van der Waals surface area (Å²) in [7, 11) is 0. The molecule has 212 valence electrons. The summed E-state index contributed by atoms with van der Waals surface area (Å²) in [5.41, 5.74) is -10.7. The van der Waals surface area contributed by atoms with Crippen LogP contribution in [0.25, 0.3) is 0 Å². The largest absolute Gasteiger partial charge is 0.294 e. The van der Waals surface area contributed by atoms with Crippen LogP contribution in [0.3, 0.4) is 0 Å². The molecule has 13 heteroatoms. The molecule has 0 saturated heterocycles. The van der Waals surface area contributed by atoms with Crippen molar-refractivity contribution in [3.63, 3.8) is 0 Å². The van der Waals surface area contributed by atoms with Gasteiger partial charge in [-0.2, -0.15) is 0 Å². The van der Waals surface area contributed by atoms with Crippen molar-refractivity contribution >= 4 is 17.1 Å². The maximum atomic E-state index is 15.4. The second-order valence-electron chi connectivity index (χ2n) is 9.07. The lowest BCUT2D eigenvalue weighted by Crippen LogP contribution is -2.25. The third-order valence-corrected chi connectivity index (χ3v) is 6.36. The molecule has 0 heterocycles. The van der Waals surface area contributed by atoms with Crippen molar-refractivity contribution in [2.24, 2.45) is 0 Å². The van der Waals surface area contributed by atoms with E-state index < -0.39 is 120 Å². The number of nitrogens with zero attached hydrogens (tertiary/aromatic N) is 1. The van der Waals surface area contributed by atoms with E-state index in [2.05, 4.69) is 0 Å². The fraction of sp³-hybridized carbons (Fsp3) is 0.308. The van der Waals surface area contributed by atoms with E-state index in [9.17, 15) is 22.0 Å². The van der Waals surface area contributed by atoms with E-state index in [-0.39, 0.29) is 6.42 Å². The first-order valence-electron chi connectivity index (χ1n) is 11.4. The third-order valence-electron chi connectivity index (χ3n) is 6.36. The quantitative estimate of drug-likeness (QED) is 0.161. The lowest BCUT2D eigenvalue weighted by molar-refractivity contribution is 0.417. The Morgan fingerprint density at radius 1 is 0.462 bits per heavy atom. The van der Waals surface area contributed by atoms with Crippen LogP contribution in [0, 0.1) is 76.7 Å². The van der Waals surface area contributed by atoms with Gasteiger partial charge in [0.05, 0.1) is 0 Å². The highest BCUT2D eigenvalue weighted by Crippen LogP contribution is 2.48. The van der Waals surface area contributed by atoms with Gasteiger partial charge in [0, 0.05) is 16.7 Å². The summed E-state index contributed by atoms with van der Waals surface area (Å²) in [6.45, 7) is 5.18.